The Morgan fingerprint density at radius 1 is 1.20 bits per heavy atom. The first-order valence-electron chi connectivity index (χ1n) is 5.11. The fourth-order valence-corrected chi connectivity index (χ4v) is 3.80. The molecule has 20 heavy (non-hydrogen) atoms. The van der Waals surface area contributed by atoms with Crippen LogP contribution in [0.4, 0.5) is 24.0 Å². The van der Waals surface area contributed by atoms with Gasteiger partial charge >= 0.3 is 0 Å². The Morgan fingerprint density at radius 3 is 2.35 bits per heavy atom. The molecule has 0 bridgehead atoms. The van der Waals surface area contributed by atoms with Crippen LogP contribution in [0.15, 0.2) is 16.3 Å². The van der Waals surface area contributed by atoms with Crippen LogP contribution in [0.1, 0.15) is 5.69 Å². The predicted octanol–water partition coefficient (Wildman–Crippen LogP) is 2.25. The second-order valence-corrected chi connectivity index (χ2v) is 6.68. The van der Waals surface area contributed by atoms with Crippen LogP contribution in [0.5, 0.6) is 0 Å². The van der Waals surface area contributed by atoms with Crippen molar-refractivity contribution in [2.45, 2.75) is 11.1 Å². The molecular formula is C10H8F3N3O2S2. The molecule has 3 N–H and O–H groups in total. The highest BCUT2D eigenvalue weighted by Gasteiger charge is 2.23. The van der Waals surface area contributed by atoms with E-state index in [0.717, 1.165) is 0 Å². The number of nitrogen functional groups attached to an aromatic ring is 1. The van der Waals surface area contributed by atoms with Crippen LogP contribution in [-0.4, -0.2) is 13.4 Å². The Hall–Kier alpha value is -1.81. The summed E-state index contributed by atoms with van der Waals surface area (Å²) < 4.78 is 64.8. The van der Waals surface area contributed by atoms with Gasteiger partial charge in [0.05, 0.1) is 11.4 Å². The highest BCUT2D eigenvalue weighted by Crippen LogP contribution is 2.28. The molecule has 0 amide bonds. The third kappa shape index (κ3) is 2.70. The number of halogens is 3. The molecule has 0 aliphatic heterocycles. The Kier molecular flexibility index (Phi) is 3.61. The largest absolute Gasteiger partial charge is 0.375 e. The summed E-state index contributed by atoms with van der Waals surface area (Å²) in [6.45, 7) is 1.41. The molecule has 0 radical (unpaired) electrons. The SMILES string of the molecule is Cc1nc(N)sc1S(=O)(=O)Nc1cc(F)c(F)cc1F. The second kappa shape index (κ2) is 4.94. The van der Waals surface area contributed by atoms with E-state index >= 15 is 0 Å². The second-order valence-electron chi connectivity index (χ2n) is 3.78. The molecular weight excluding hydrogens is 315 g/mol. The van der Waals surface area contributed by atoms with Crippen LogP contribution in [-0.2, 0) is 10.0 Å². The molecule has 5 nitrogen and oxygen atoms in total. The number of aryl methyl sites for hydroxylation is 1. The number of anilines is 2. The summed E-state index contributed by atoms with van der Waals surface area (Å²) in [5.74, 6) is -4.02. The van der Waals surface area contributed by atoms with Crippen molar-refractivity contribution >= 4 is 32.2 Å². The molecule has 108 valence electrons. The smallest absolute Gasteiger partial charge is 0.273 e. The van der Waals surface area contributed by atoms with Gasteiger partial charge in [-0.15, -0.1) is 0 Å². The van der Waals surface area contributed by atoms with Gasteiger partial charge in [0, 0.05) is 12.1 Å². The molecule has 0 atom stereocenters. The molecule has 2 rings (SSSR count). The van der Waals surface area contributed by atoms with Gasteiger partial charge in [-0.25, -0.2) is 26.6 Å². The van der Waals surface area contributed by atoms with E-state index in [4.69, 9.17) is 5.73 Å². The summed E-state index contributed by atoms with van der Waals surface area (Å²) in [5, 5.41) is 0.0219. The zero-order valence-electron chi connectivity index (χ0n) is 9.95. The van der Waals surface area contributed by atoms with E-state index < -0.39 is 33.2 Å². The molecule has 0 aliphatic rings. The number of nitrogens with zero attached hydrogens (tertiary/aromatic N) is 1. The molecule has 2 aromatic rings. The highest BCUT2D eigenvalue weighted by molar-refractivity contribution is 7.94. The van der Waals surface area contributed by atoms with Gasteiger partial charge in [-0.1, -0.05) is 11.3 Å². The lowest BCUT2D eigenvalue weighted by Gasteiger charge is -2.08. The van der Waals surface area contributed by atoms with Crippen molar-refractivity contribution in [1.82, 2.24) is 4.98 Å². The van der Waals surface area contributed by atoms with Crippen molar-refractivity contribution in [3.05, 3.63) is 35.3 Å². The summed E-state index contributed by atoms with van der Waals surface area (Å²) in [5.41, 5.74) is 4.80. The fourth-order valence-electron chi connectivity index (χ4n) is 1.44. The van der Waals surface area contributed by atoms with Crippen molar-refractivity contribution in [3.63, 3.8) is 0 Å². The third-order valence-corrected chi connectivity index (χ3v) is 5.23. The minimum Gasteiger partial charge on any atom is -0.375 e. The lowest BCUT2D eigenvalue weighted by molar-refractivity contribution is 0.496. The first-order chi connectivity index (χ1) is 9.20. The predicted molar refractivity (Wildman–Crippen MR) is 68.4 cm³/mol. The lowest BCUT2D eigenvalue weighted by atomic mass is 10.3. The van der Waals surface area contributed by atoms with E-state index in [1.165, 1.54) is 6.92 Å². The minimum absolute atomic E-state index is 0.0219. The van der Waals surface area contributed by atoms with E-state index in [9.17, 15) is 21.6 Å². The number of hydrogen-bond acceptors (Lipinski definition) is 5. The number of hydrogen-bond donors (Lipinski definition) is 2. The summed E-state index contributed by atoms with van der Waals surface area (Å²) in [6, 6.07) is 0.670. The van der Waals surface area contributed by atoms with Crippen LogP contribution >= 0.6 is 11.3 Å². The molecule has 0 spiro atoms. The van der Waals surface area contributed by atoms with Gasteiger partial charge in [-0.05, 0) is 6.92 Å². The molecule has 1 aromatic carbocycles. The van der Waals surface area contributed by atoms with Crippen molar-refractivity contribution in [2.24, 2.45) is 0 Å². The molecule has 0 saturated carbocycles. The van der Waals surface area contributed by atoms with Gasteiger partial charge in [0.1, 0.15) is 5.82 Å². The van der Waals surface area contributed by atoms with Crippen LogP contribution in [0.25, 0.3) is 0 Å². The van der Waals surface area contributed by atoms with Gasteiger partial charge in [0.25, 0.3) is 10.0 Å². The Balaban J connectivity index is 2.43. The maximum Gasteiger partial charge on any atom is 0.273 e. The van der Waals surface area contributed by atoms with Gasteiger partial charge in [-0.3, -0.25) is 4.72 Å². The molecule has 0 aliphatic carbocycles. The van der Waals surface area contributed by atoms with Gasteiger partial charge in [0.15, 0.2) is 21.0 Å². The molecule has 0 unspecified atom stereocenters. The van der Waals surface area contributed by atoms with Crippen LogP contribution in [0, 0.1) is 24.4 Å². The van der Waals surface area contributed by atoms with Gasteiger partial charge in [-0.2, -0.15) is 0 Å². The first-order valence-corrected chi connectivity index (χ1v) is 7.41. The number of benzene rings is 1. The van der Waals surface area contributed by atoms with Crippen molar-refractivity contribution in [2.75, 3.05) is 10.5 Å². The van der Waals surface area contributed by atoms with Crippen LogP contribution < -0.4 is 10.5 Å². The molecule has 0 fully saturated rings. The summed E-state index contributed by atoms with van der Waals surface area (Å²) in [7, 11) is -4.18. The molecule has 0 saturated heterocycles. The van der Waals surface area contributed by atoms with Gasteiger partial charge < -0.3 is 5.73 Å². The number of aromatic nitrogens is 1. The maximum atomic E-state index is 13.4. The lowest BCUT2D eigenvalue weighted by Crippen LogP contribution is -2.14. The number of rotatable bonds is 3. The number of nitrogens with one attached hydrogen (secondary N) is 1. The third-order valence-electron chi connectivity index (χ3n) is 2.27. The van der Waals surface area contributed by atoms with E-state index in [1.54, 1.807) is 0 Å². The van der Waals surface area contributed by atoms with Crippen molar-refractivity contribution in [1.29, 1.82) is 0 Å². The average molecular weight is 323 g/mol. The number of nitrogens with two attached hydrogens (primary N) is 1. The van der Waals surface area contributed by atoms with E-state index in [1.807, 2.05) is 4.72 Å². The van der Waals surface area contributed by atoms with Gasteiger partial charge in [0.2, 0.25) is 0 Å². The maximum absolute atomic E-state index is 13.4. The summed E-state index contributed by atoms with van der Waals surface area (Å²) >= 11 is 0.680. The Bertz CT molecular complexity index is 774. The van der Waals surface area contributed by atoms with Crippen molar-refractivity contribution in [3.8, 4) is 0 Å². The molecule has 1 aromatic heterocycles. The van der Waals surface area contributed by atoms with Crippen molar-refractivity contribution < 1.29 is 21.6 Å². The summed E-state index contributed by atoms with van der Waals surface area (Å²) in [6.07, 6.45) is 0. The highest BCUT2D eigenvalue weighted by atomic mass is 32.2. The van der Waals surface area contributed by atoms with Crippen LogP contribution in [0.2, 0.25) is 0 Å². The molecule has 1 heterocycles. The normalized spacial score (nSPS) is 11.6. The van der Waals surface area contributed by atoms with E-state index in [0.29, 0.717) is 17.4 Å². The number of sulfonamides is 1. The monoisotopic (exact) mass is 323 g/mol. The van der Waals surface area contributed by atoms with E-state index in [-0.39, 0.29) is 21.1 Å². The summed E-state index contributed by atoms with van der Waals surface area (Å²) in [4.78, 5) is 3.72. The zero-order chi connectivity index (χ0) is 15.1. The van der Waals surface area contributed by atoms with Crippen LogP contribution in [0.3, 0.4) is 0 Å². The quantitative estimate of drug-likeness (QED) is 0.849. The fraction of sp³-hybridized carbons (Fsp3) is 0.100. The number of thiazole rings is 1. The Labute approximate surface area is 116 Å². The molecule has 10 heteroatoms. The standard InChI is InChI=1S/C10H8F3N3O2S2/c1-4-9(19-10(14)15-4)20(17,18)16-8-3-6(12)5(11)2-7(8)13/h2-3,16H,1H3,(H2,14,15). The minimum atomic E-state index is -4.18. The first kappa shape index (κ1) is 14.6. The average Bonchev–Trinajstić information content (AvgIpc) is 2.66. The zero-order valence-corrected chi connectivity index (χ0v) is 11.6. The van der Waals surface area contributed by atoms with E-state index in [2.05, 4.69) is 4.98 Å². The Morgan fingerprint density at radius 2 is 1.80 bits per heavy atom. The topological polar surface area (TPSA) is 85.1 Å².